The fourth-order valence-electron chi connectivity index (χ4n) is 6.61. The van der Waals surface area contributed by atoms with Gasteiger partial charge in [0.05, 0.1) is 5.69 Å². The van der Waals surface area contributed by atoms with Crippen molar-refractivity contribution in [3.05, 3.63) is 57.4 Å². The molecule has 3 aromatic rings. The van der Waals surface area contributed by atoms with E-state index in [4.69, 9.17) is 4.98 Å². The number of fused-ring (bicyclic) bond motifs is 4. The summed E-state index contributed by atoms with van der Waals surface area (Å²) in [5.74, 6) is -0.276. The van der Waals surface area contributed by atoms with Crippen LogP contribution in [0, 0.1) is 0 Å². The number of benzene rings is 1. The van der Waals surface area contributed by atoms with Gasteiger partial charge in [-0.3, -0.25) is 24.6 Å². The number of imide groups is 1. The Morgan fingerprint density at radius 2 is 1.89 bits per heavy atom. The smallest absolute Gasteiger partial charge is 0.255 e. The van der Waals surface area contributed by atoms with Crippen LogP contribution in [0.15, 0.2) is 24.5 Å². The van der Waals surface area contributed by atoms with Crippen molar-refractivity contribution < 1.29 is 14.4 Å². The van der Waals surface area contributed by atoms with Crippen molar-refractivity contribution in [2.45, 2.75) is 70.0 Å². The molecule has 0 spiro atoms. The van der Waals surface area contributed by atoms with Gasteiger partial charge in [-0.2, -0.15) is 0 Å². The number of piperidine rings is 2. The van der Waals surface area contributed by atoms with Gasteiger partial charge in [0.25, 0.3) is 5.91 Å². The van der Waals surface area contributed by atoms with E-state index < -0.39 is 6.04 Å². The van der Waals surface area contributed by atoms with E-state index in [1.165, 1.54) is 39.9 Å². The van der Waals surface area contributed by atoms with Crippen LogP contribution in [0.25, 0.3) is 10.2 Å². The Kier molecular flexibility index (Phi) is 5.58. The van der Waals surface area contributed by atoms with Crippen LogP contribution in [0.1, 0.15) is 75.6 Å². The molecule has 9 heteroatoms. The minimum atomic E-state index is -0.571. The Balaban J connectivity index is 1.02. The molecule has 190 valence electrons. The van der Waals surface area contributed by atoms with Gasteiger partial charge in [0.1, 0.15) is 17.2 Å². The Bertz CT molecular complexity index is 1440. The number of carbonyl (C=O) groups excluding carboxylic acids is 3. The normalized spacial score (nSPS) is 22.5. The average Bonchev–Trinajstić information content (AvgIpc) is 3.58. The van der Waals surface area contributed by atoms with Gasteiger partial charge in [-0.05, 0) is 74.4 Å². The van der Waals surface area contributed by atoms with Crippen LogP contribution in [0.2, 0.25) is 0 Å². The Morgan fingerprint density at radius 3 is 2.73 bits per heavy atom. The largest absolute Gasteiger partial charge is 0.322 e. The first-order valence-electron chi connectivity index (χ1n) is 13.3. The number of amides is 3. The molecular formula is C28H29N5O3S. The maximum Gasteiger partial charge on any atom is 0.255 e. The summed E-state index contributed by atoms with van der Waals surface area (Å²) in [7, 11) is 0. The minimum absolute atomic E-state index is 0.118. The number of likely N-dealkylation sites (tertiary alicyclic amines) is 1. The topological polar surface area (TPSA) is 95.5 Å². The lowest BCUT2D eigenvalue weighted by atomic mass is 9.90. The third-order valence-corrected chi connectivity index (χ3v) is 9.70. The summed E-state index contributed by atoms with van der Waals surface area (Å²) < 4.78 is 0. The molecule has 4 aliphatic rings. The van der Waals surface area contributed by atoms with Crippen molar-refractivity contribution in [2.75, 3.05) is 13.1 Å². The third kappa shape index (κ3) is 3.95. The van der Waals surface area contributed by atoms with Gasteiger partial charge < -0.3 is 4.90 Å². The zero-order valence-electron chi connectivity index (χ0n) is 20.7. The zero-order valence-corrected chi connectivity index (χ0v) is 21.5. The summed E-state index contributed by atoms with van der Waals surface area (Å²) in [5, 5.41) is 3.72. The maximum atomic E-state index is 13.0. The molecule has 3 amide bonds. The molecule has 8 nitrogen and oxygen atoms in total. The standard InChI is InChI=1S/C28H29N5O3S/c34-23-7-6-21(26(35)31-23)33-14-18-12-16(4-5-19(18)28(33)36)13-32-10-8-17(9-11-32)25-24-20-2-1-3-22(20)37-27(24)30-15-29-25/h4-5,12,15,17,21H,1-3,6-11,13-14H2,(H,31,34,35). The molecule has 1 unspecified atom stereocenters. The van der Waals surface area contributed by atoms with Gasteiger partial charge in [-0.15, -0.1) is 11.3 Å². The van der Waals surface area contributed by atoms with Crippen LogP contribution in [0.4, 0.5) is 0 Å². The van der Waals surface area contributed by atoms with Crippen LogP contribution < -0.4 is 5.32 Å². The second-order valence-electron chi connectivity index (χ2n) is 10.7. The van der Waals surface area contributed by atoms with Gasteiger partial charge in [0.2, 0.25) is 11.8 Å². The molecule has 2 saturated heterocycles. The predicted molar refractivity (Wildman–Crippen MR) is 139 cm³/mol. The first-order chi connectivity index (χ1) is 18.0. The molecule has 7 rings (SSSR count). The summed E-state index contributed by atoms with van der Waals surface area (Å²) in [6.45, 7) is 3.30. The van der Waals surface area contributed by atoms with E-state index >= 15 is 0 Å². The fraction of sp³-hybridized carbons (Fsp3) is 0.464. The highest BCUT2D eigenvalue weighted by Gasteiger charge is 2.39. The lowest BCUT2D eigenvalue weighted by Gasteiger charge is -2.32. The van der Waals surface area contributed by atoms with E-state index in [1.54, 1.807) is 11.2 Å². The number of aryl methyl sites for hydroxylation is 2. The molecule has 37 heavy (non-hydrogen) atoms. The first kappa shape index (κ1) is 23.0. The first-order valence-corrected chi connectivity index (χ1v) is 14.1. The molecule has 2 fully saturated rings. The molecule has 3 aliphatic heterocycles. The average molecular weight is 516 g/mol. The number of nitrogens with zero attached hydrogens (tertiary/aromatic N) is 4. The number of hydrogen-bond donors (Lipinski definition) is 1. The van der Waals surface area contributed by atoms with Crippen molar-refractivity contribution in [3.8, 4) is 0 Å². The molecule has 1 N–H and O–H groups in total. The number of rotatable bonds is 4. The Morgan fingerprint density at radius 1 is 1.03 bits per heavy atom. The van der Waals surface area contributed by atoms with Crippen molar-refractivity contribution in [1.82, 2.24) is 25.1 Å². The molecule has 2 aromatic heterocycles. The molecule has 1 atom stereocenters. The van der Waals surface area contributed by atoms with Crippen LogP contribution in [0.3, 0.4) is 0 Å². The van der Waals surface area contributed by atoms with E-state index in [9.17, 15) is 14.4 Å². The van der Waals surface area contributed by atoms with Crippen molar-refractivity contribution in [3.63, 3.8) is 0 Å². The van der Waals surface area contributed by atoms with Gasteiger partial charge >= 0.3 is 0 Å². The number of thiophene rings is 1. The van der Waals surface area contributed by atoms with Crippen LogP contribution in [0.5, 0.6) is 0 Å². The van der Waals surface area contributed by atoms with Crippen molar-refractivity contribution in [1.29, 1.82) is 0 Å². The van der Waals surface area contributed by atoms with Gasteiger partial charge in [0.15, 0.2) is 0 Å². The van der Waals surface area contributed by atoms with E-state index in [1.807, 2.05) is 23.5 Å². The molecule has 1 aliphatic carbocycles. The number of nitrogens with one attached hydrogen (secondary N) is 1. The van der Waals surface area contributed by atoms with Gasteiger partial charge in [0, 0.05) is 41.3 Å². The van der Waals surface area contributed by atoms with Crippen molar-refractivity contribution in [2.24, 2.45) is 0 Å². The molecule has 1 aromatic carbocycles. The van der Waals surface area contributed by atoms with E-state index in [-0.39, 0.29) is 24.1 Å². The molecule has 0 saturated carbocycles. The van der Waals surface area contributed by atoms with E-state index in [2.05, 4.69) is 21.3 Å². The highest BCUT2D eigenvalue weighted by atomic mass is 32.1. The summed E-state index contributed by atoms with van der Waals surface area (Å²) in [6.07, 6.45) is 8.18. The zero-order chi connectivity index (χ0) is 25.1. The van der Waals surface area contributed by atoms with Crippen LogP contribution in [-0.4, -0.2) is 56.6 Å². The fourth-order valence-corrected chi connectivity index (χ4v) is 7.85. The van der Waals surface area contributed by atoms with Gasteiger partial charge in [-0.25, -0.2) is 9.97 Å². The van der Waals surface area contributed by atoms with E-state index in [0.717, 1.165) is 49.3 Å². The second-order valence-corrected chi connectivity index (χ2v) is 11.8. The quantitative estimate of drug-likeness (QED) is 0.536. The SMILES string of the molecule is O=C1CCC(N2Cc3cc(CN4CCC(c5ncnc6sc7c(c56)CCC7)CC4)ccc3C2=O)C(=O)N1. The summed E-state index contributed by atoms with van der Waals surface area (Å²) >= 11 is 1.86. The van der Waals surface area contributed by atoms with Crippen molar-refractivity contribution >= 4 is 39.3 Å². The third-order valence-electron chi connectivity index (χ3n) is 8.50. The lowest BCUT2D eigenvalue weighted by Crippen LogP contribution is -2.52. The number of hydrogen-bond acceptors (Lipinski definition) is 7. The molecular weight excluding hydrogens is 486 g/mol. The van der Waals surface area contributed by atoms with E-state index in [0.29, 0.717) is 24.4 Å². The molecule has 0 bridgehead atoms. The highest BCUT2D eigenvalue weighted by molar-refractivity contribution is 7.18. The Hall–Kier alpha value is -3.17. The summed E-state index contributed by atoms with van der Waals surface area (Å²) in [4.78, 5) is 53.0. The predicted octanol–water partition coefficient (Wildman–Crippen LogP) is 3.32. The maximum absolute atomic E-state index is 13.0. The van der Waals surface area contributed by atoms with Crippen LogP contribution >= 0.6 is 11.3 Å². The number of carbonyl (C=O) groups is 3. The minimum Gasteiger partial charge on any atom is -0.322 e. The van der Waals surface area contributed by atoms with Crippen LogP contribution in [-0.2, 0) is 35.5 Å². The summed E-state index contributed by atoms with van der Waals surface area (Å²) in [6, 6.07) is 5.49. The molecule has 0 radical (unpaired) electrons. The lowest BCUT2D eigenvalue weighted by molar-refractivity contribution is -0.136. The highest BCUT2D eigenvalue weighted by Crippen LogP contribution is 2.41. The number of aromatic nitrogens is 2. The Labute approximate surface area is 219 Å². The van der Waals surface area contributed by atoms with Gasteiger partial charge in [-0.1, -0.05) is 12.1 Å². The monoisotopic (exact) mass is 515 g/mol. The summed E-state index contributed by atoms with van der Waals surface area (Å²) in [5.41, 5.74) is 5.60. The molecule has 5 heterocycles. The second kappa shape index (κ2) is 8.99.